The molecule has 0 saturated carbocycles. The Kier molecular flexibility index (Phi) is 5.45. The van der Waals surface area contributed by atoms with E-state index in [2.05, 4.69) is 9.72 Å². The Morgan fingerprint density at radius 3 is 2.44 bits per heavy atom. The quantitative estimate of drug-likeness (QED) is 0.841. The number of likely N-dealkylation sites (tertiary alicyclic amines) is 1. The molecule has 1 aliphatic heterocycles. The van der Waals surface area contributed by atoms with E-state index in [1.165, 1.54) is 0 Å². The summed E-state index contributed by atoms with van der Waals surface area (Å²) in [7, 11) is -4.46. The summed E-state index contributed by atoms with van der Waals surface area (Å²) in [6.45, 7) is -2.11. The molecule has 1 amide bonds. The number of carbonyl (C=O) groups is 1. The minimum absolute atomic E-state index is 0.0362. The summed E-state index contributed by atoms with van der Waals surface area (Å²) >= 11 is 0. The Morgan fingerprint density at radius 2 is 2.00 bits per heavy atom. The summed E-state index contributed by atoms with van der Waals surface area (Å²) in [5.41, 5.74) is 0. The van der Waals surface area contributed by atoms with Gasteiger partial charge in [0.25, 0.3) is 0 Å². The number of alkyl halides is 3. The molecule has 1 fully saturated rings. The van der Waals surface area contributed by atoms with E-state index in [0.717, 1.165) is 30.2 Å². The van der Waals surface area contributed by atoms with Gasteiger partial charge in [-0.3, -0.25) is 0 Å². The Bertz CT molecular complexity index is 716. The van der Waals surface area contributed by atoms with Crippen LogP contribution >= 0.6 is 0 Å². The van der Waals surface area contributed by atoms with Crippen LogP contribution < -0.4 is 4.74 Å². The summed E-state index contributed by atoms with van der Waals surface area (Å²) in [6, 6.07) is 1.87. The normalized spacial score (nSPS) is 18.8. The Hall–Kier alpha value is -2.04. The van der Waals surface area contributed by atoms with Crippen molar-refractivity contribution in [3.05, 3.63) is 18.3 Å². The highest BCUT2D eigenvalue weighted by atomic mass is 32.2. The summed E-state index contributed by atoms with van der Waals surface area (Å²) in [6.07, 6.45) is -0.269. The number of pyridine rings is 1. The highest BCUT2D eigenvalue weighted by Crippen LogP contribution is 2.39. The van der Waals surface area contributed by atoms with Gasteiger partial charge in [-0.2, -0.15) is 8.78 Å². The molecule has 1 N–H and O–H groups in total. The molecule has 0 spiro atoms. The van der Waals surface area contributed by atoms with Crippen LogP contribution in [-0.4, -0.2) is 54.2 Å². The predicted molar refractivity (Wildman–Crippen MR) is 79.9 cm³/mol. The van der Waals surface area contributed by atoms with Crippen molar-refractivity contribution in [2.45, 2.75) is 36.3 Å². The molecule has 0 aliphatic carbocycles. The third-order valence-corrected chi connectivity index (χ3v) is 6.50. The van der Waals surface area contributed by atoms with Crippen molar-refractivity contribution in [3.63, 3.8) is 0 Å². The second-order valence-corrected chi connectivity index (χ2v) is 8.02. The molecule has 1 saturated heterocycles. The van der Waals surface area contributed by atoms with Crippen LogP contribution in [0, 0.1) is 5.92 Å². The number of aromatic nitrogens is 1. The fraction of sp³-hybridized carbons (Fsp3) is 0.571. The highest BCUT2D eigenvalue weighted by molar-refractivity contribution is 7.92. The van der Waals surface area contributed by atoms with Crippen molar-refractivity contribution in [1.82, 2.24) is 9.88 Å². The minimum atomic E-state index is -4.46. The zero-order valence-corrected chi connectivity index (χ0v) is 14.0. The van der Waals surface area contributed by atoms with E-state index in [1.54, 1.807) is 0 Å². The Morgan fingerprint density at radius 1 is 1.40 bits per heavy atom. The van der Waals surface area contributed by atoms with Gasteiger partial charge in [-0.05, 0) is 25.8 Å². The van der Waals surface area contributed by atoms with Gasteiger partial charge in [-0.1, -0.05) is 0 Å². The van der Waals surface area contributed by atoms with Gasteiger partial charge in [0.1, 0.15) is 0 Å². The van der Waals surface area contributed by atoms with Crippen LogP contribution in [-0.2, 0) is 9.84 Å². The van der Waals surface area contributed by atoms with E-state index in [-0.39, 0.29) is 25.9 Å². The fourth-order valence-corrected chi connectivity index (χ4v) is 4.30. The lowest BCUT2D eigenvalue weighted by Gasteiger charge is -2.36. The maximum atomic E-state index is 15.1. The first-order chi connectivity index (χ1) is 11.6. The van der Waals surface area contributed by atoms with E-state index in [0.29, 0.717) is 0 Å². The SMILES string of the molecule is CC(F)(C1CCN(C(=O)O)CC1)S(=O)(=O)c1ccc(OC(F)F)nc1. The van der Waals surface area contributed by atoms with Gasteiger partial charge in [-0.15, -0.1) is 0 Å². The molecule has 0 aromatic carbocycles. The summed E-state index contributed by atoms with van der Waals surface area (Å²) < 4.78 is 68.5. The summed E-state index contributed by atoms with van der Waals surface area (Å²) in [5.74, 6) is -1.38. The molecule has 0 radical (unpaired) electrons. The standard InChI is InChI=1S/C14H17F3N2O5S/c1-14(17,9-4-6-19(7-5-9)13(20)21)25(22,23)10-2-3-11(18-8-10)24-12(15)16/h2-3,8-9,12H,4-7H2,1H3,(H,20,21). The van der Waals surface area contributed by atoms with Crippen LogP contribution in [0.4, 0.5) is 18.0 Å². The molecule has 1 atom stereocenters. The molecule has 140 valence electrons. The van der Waals surface area contributed by atoms with E-state index >= 15 is 4.39 Å². The molecule has 1 aromatic heterocycles. The Labute approximate surface area is 142 Å². The average molecular weight is 382 g/mol. The number of piperidine rings is 1. The molecule has 11 heteroatoms. The van der Waals surface area contributed by atoms with Crippen molar-refractivity contribution in [1.29, 1.82) is 0 Å². The molecule has 1 aliphatic rings. The second kappa shape index (κ2) is 7.06. The van der Waals surface area contributed by atoms with Crippen molar-refractivity contribution >= 4 is 15.9 Å². The minimum Gasteiger partial charge on any atom is -0.465 e. The van der Waals surface area contributed by atoms with Gasteiger partial charge < -0.3 is 14.7 Å². The van der Waals surface area contributed by atoms with Gasteiger partial charge in [0.15, 0.2) is 0 Å². The van der Waals surface area contributed by atoms with Gasteiger partial charge in [0.2, 0.25) is 20.7 Å². The molecule has 25 heavy (non-hydrogen) atoms. The first kappa shape index (κ1) is 19.3. The molecule has 0 bridgehead atoms. The van der Waals surface area contributed by atoms with Gasteiger partial charge >= 0.3 is 12.7 Å². The lowest BCUT2D eigenvalue weighted by Crippen LogP contribution is -2.46. The highest BCUT2D eigenvalue weighted by Gasteiger charge is 2.48. The van der Waals surface area contributed by atoms with Crippen LogP contribution in [0.2, 0.25) is 0 Å². The lowest BCUT2D eigenvalue weighted by atomic mass is 9.92. The van der Waals surface area contributed by atoms with Crippen molar-refractivity contribution in [2.24, 2.45) is 5.92 Å². The van der Waals surface area contributed by atoms with E-state index < -0.39 is 44.2 Å². The number of sulfone groups is 1. The third kappa shape index (κ3) is 3.97. The number of hydrogen-bond donors (Lipinski definition) is 1. The molecule has 7 nitrogen and oxygen atoms in total. The van der Waals surface area contributed by atoms with Crippen LogP contribution in [0.15, 0.2) is 23.2 Å². The number of halogens is 3. The monoisotopic (exact) mass is 382 g/mol. The first-order valence-corrected chi connectivity index (χ1v) is 8.86. The number of nitrogens with zero attached hydrogens (tertiary/aromatic N) is 2. The van der Waals surface area contributed by atoms with Crippen molar-refractivity contribution < 1.29 is 36.2 Å². The fourth-order valence-electron chi connectivity index (χ4n) is 2.72. The van der Waals surface area contributed by atoms with Gasteiger partial charge in [-0.25, -0.2) is 22.6 Å². The number of amides is 1. The maximum absolute atomic E-state index is 15.1. The van der Waals surface area contributed by atoms with Crippen LogP contribution in [0.3, 0.4) is 0 Å². The zero-order chi connectivity index (χ0) is 18.8. The number of rotatable bonds is 5. The lowest BCUT2D eigenvalue weighted by molar-refractivity contribution is -0.0529. The van der Waals surface area contributed by atoms with E-state index in [9.17, 15) is 22.0 Å². The number of carboxylic acid groups (broad SMARTS) is 1. The smallest absolute Gasteiger partial charge is 0.407 e. The van der Waals surface area contributed by atoms with E-state index in [4.69, 9.17) is 5.11 Å². The van der Waals surface area contributed by atoms with E-state index in [1.807, 2.05) is 0 Å². The number of ether oxygens (including phenoxy) is 1. The number of hydrogen-bond acceptors (Lipinski definition) is 5. The molecule has 2 rings (SSSR count). The van der Waals surface area contributed by atoms with Gasteiger partial charge in [0, 0.05) is 31.3 Å². The largest absolute Gasteiger partial charge is 0.465 e. The summed E-state index contributed by atoms with van der Waals surface area (Å²) in [4.78, 5) is 15.0. The molecule has 1 unspecified atom stereocenters. The molecule has 2 heterocycles. The van der Waals surface area contributed by atoms with Crippen LogP contribution in [0.1, 0.15) is 19.8 Å². The zero-order valence-electron chi connectivity index (χ0n) is 13.2. The second-order valence-electron chi connectivity index (χ2n) is 5.74. The first-order valence-electron chi connectivity index (χ1n) is 7.38. The topological polar surface area (TPSA) is 96.8 Å². The predicted octanol–water partition coefficient (Wildman–Crippen LogP) is 2.53. The Balaban J connectivity index is 2.18. The van der Waals surface area contributed by atoms with Crippen molar-refractivity contribution in [3.8, 4) is 5.88 Å². The molecular weight excluding hydrogens is 365 g/mol. The maximum Gasteiger partial charge on any atom is 0.407 e. The average Bonchev–Trinajstić information content (AvgIpc) is 2.54. The molecular formula is C14H17F3N2O5S. The van der Waals surface area contributed by atoms with Crippen LogP contribution in [0.25, 0.3) is 0 Å². The molecule has 1 aromatic rings. The summed E-state index contributed by atoms with van der Waals surface area (Å²) in [5, 5.41) is 6.25. The third-order valence-electron chi connectivity index (χ3n) is 4.25. The van der Waals surface area contributed by atoms with Crippen LogP contribution in [0.5, 0.6) is 5.88 Å². The van der Waals surface area contributed by atoms with Gasteiger partial charge in [0.05, 0.1) is 4.90 Å². The van der Waals surface area contributed by atoms with Crippen molar-refractivity contribution in [2.75, 3.05) is 13.1 Å².